The number of benzene rings is 1. The highest BCUT2D eigenvalue weighted by molar-refractivity contribution is 6.31. The van der Waals surface area contributed by atoms with E-state index in [9.17, 15) is 4.79 Å². The van der Waals surface area contributed by atoms with Crippen molar-refractivity contribution in [2.75, 3.05) is 57.4 Å². The summed E-state index contributed by atoms with van der Waals surface area (Å²) in [6.07, 6.45) is 1.98. The van der Waals surface area contributed by atoms with Crippen LogP contribution in [0.4, 0.5) is 5.82 Å². The molecule has 2 aliphatic heterocycles. The molecule has 0 aliphatic carbocycles. The number of aromatic nitrogens is 4. The zero-order valence-electron chi connectivity index (χ0n) is 17.9. The zero-order chi connectivity index (χ0) is 21.9. The van der Waals surface area contributed by atoms with Gasteiger partial charge in [-0.3, -0.25) is 9.69 Å². The van der Waals surface area contributed by atoms with Gasteiger partial charge in [-0.15, -0.1) is 15.3 Å². The van der Waals surface area contributed by atoms with Crippen LogP contribution >= 0.6 is 11.6 Å². The third-order valence-electron chi connectivity index (χ3n) is 6.07. The van der Waals surface area contributed by atoms with E-state index in [1.807, 2.05) is 29.2 Å². The number of hydrogen-bond donors (Lipinski definition) is 0. The van der Waals surface area contributed by atoms with Crippen LogP contribution in [0.15, 0.2) is 36.7 Å². The van der Waals surface area contributed by atoms with Crippen molar-refractivity contribution in [3.05, 3.63) is 52.8 Å². The number of rotatable bonds is 5. The normalized spacial score (nSPS) is 17.8. The summed E-state index contributed by atoms with van der Waals surface area (Å²) in [5, 5.41) is 13.2. The Morgan fingerprint density at radius 1 is 1.03 bits per heavy atom. The fourth-order valence-electron chi connectivity index (χ4n) is 4.22. The van der Waals surface area contributed by atoms with Crippen LogP contribution in [0.3, 0.4) is 0 Å². The summed E-state index contributed by atoms with van der Waals surface area (Å²) < 4.78 is 7.09. The van der Waals surface area contributed by atoms with E-state index in [0.717, 1.165) is 73.6 Å². The van der Waals surface area contributed by atoms with Gasteiger partial charge in [0.1, 0.15) is 12.1 Å². The number of ether oxygens (including phenoxy) is 1. The molecule has 1 aromatic carbocycles. The number of halogens is 1. The molecule has 0 atom stereocenters. The van der Waals surface area contributed by atoms with Gasteiger partial charge in [0.25, 0.3) is 0 Å². The maximum Gasteiger partial charge on any atom is 0.227 e. The minimum absolute atomic E-state index is 0.145. The van der Waals surface area contributed by atoms with Crippen LogP contribution in [0.5, 0.6) is 0 Å². The second-order valence-corrected chi connectivity index (χ2v) is 8.59. The smallest absolute Gasteiger partial charge is 0.227 e. The fourth-order valence-corrected chi connectivity index (χ4v) is 4.40. The first-order valence-corrected chi connectivity index (χ1v) is 11.3. The molecule has 0 bridgehead atoms. The average Bonchev–Trinajstić information content (AvgIpc) is 3.30. The highest BCUT2D eigenvalue weighted by Gasteiger charge is 2.23. The summed E-state index contributed by atoms with van der Waals surface area (Å²) in [7, 11) is 0. The molecule has 10 heteroatoms. The Labute approximate surface area is 191 Å². The van der Waals surface area contributed by atoms with Gasteiger partial charge >= 0.3 is 0 Å². The Hall–Kier alpha value is -2.75. The van der Waals surface area contributed by atoms with Crippen molar-refractivity contribution in [1.29, 1.82) is 0 Å². The van der Waals surface area contributed by atoms with E-state index in [2.05, 4.69) is 31.2 Å². The summed E-state index contributed by atoms with van der Waals surface area (Å²) in [4.78, 5) is 19.4. The highest BCUT2D eigenvalue weighted by atomic mass is 35.5. The lowest BCUT2D eigenvalue weighted by Gasteiger charge is -2.35. The van der Waals surface area contributed by atoms with Gasteiger partial charge < -0.3 is 14.5 Å². The predicted molar refractivity (Wildman–Crippen MR) is 121 cm³/mol. The number of amides is 1. The molecule has 2 fully saturated rings. The number of fused-ring (bicyclic) bond motifs is 1. The molecular weight excluding hydrogens is 430 g/mol. The van der Waals surface area contributed by atoms with Crippen molar-refractivity contribution in [2.24, 2.45) is 0 Å². The lowest BCUT2D eigenvalue weighted by Crippen LogP contribution is -2.49. The van der Waals surface area contributed by atoms with E-state index in [0.29, 0.717) is 19.5 Å². The Morgan fingerprint density at radius 2 is 1.84 bits per heavy atom. The molecule has 1 amide bonds. The number of carbonyl (C=O) groups is 1. The van der Waals surface area contributed by atoms with Crippen molar-refractivity contribution >= 4 is 29.0 Å². The maximum atomic E-state index is 12.9. The minimum Gasteiger partial charge on any atom is -0.379 e. The van der Waals surface area contributed by atoms with E-state index >= 15 is 0 Å². The van der Waals surface area contributed by atoms with Crippen LogP contribution in [-0.2, 0) is 22.5 Å². The van der Waals surface area contributed by atoms with Gasteiger partial charge in [-0.05, 0) is 29.3 Å². The van der Waals surface area contributed by atoms with Crippen molar-refractivity contribution in [1.82, 2.24) is 29.6 Å². The molecule has 2 aliphatic rings. The largest absolute Gasteiger partial charge is 0.379 e. The highest BCUT2D eigenvalue weighted by Crippen LogP contribution is 2.21. The summed E-state index contributed by atoms with van der Waals surface area (Å²) in [6, 6.07) is 9.79. The Morgan fingerprint density at radius 3 is 2.66 bits per heavy atom. The molecule has 0 unspecified atom stereocenters. The number of carbonyl (C=O) groups excluding carboxylic acids is 1. The molecule has 0 radical (unpaired) electrons. The Balaban J connectivity index is 1.18. The summed E-state index contributed by atoms with van der Waals surface area (Å²) >= 11 is 6.43. The van der Waals surface area contributed by atoms with Crippen LogP contribution in [0, 0.1) is 0 Å². The molecule has 3 aromatic rings. The third-order valence-corrected chi connectivity index (χ3v) is 6.44. The lowest BCUT2D eigenvalue weighted by atomic mass is 10.1. The van der Waals surface area contributed by atoms with Gasteiger partial charge in [-0.2, -0.15) is 4.52 Å². The van der Waals surface area contributed by atoms with Gasteiger partial charge in [0, 0.05) is 50.8 Å². The molecule has 0 spiro atoms. The molecule has 168 valence electrons. The zero-order valence-corrected chi connectivity index (χ0v) is 18.6. The van der Waals surface area contributed by atoms with E-state index < -0.39 is 0 Å². The van der Waals surface area contributed by atoms with Gasteiger partial charge in [0.2, 0.25) is 5.91 Å². The number of piperazine rings is 1. The predicted octanol–water partition coefficient (Wildman–Crippen LogP) is 1.50. The summed E-state index contributed by atoms with van der Waals surface area (Å²) in [6.45, 7) is 6.95. The first-order chi connectivity index (χ1) is 15.7. The van der Waals surface area contributed by atoms with Gasteiger partial charge in [-0.1, -0.05) is 23.7 Å². The monoisotopic (exact) mass is 455 g/mol. The molecule has 4 heterocycles. The van der Waals surface area contributed by atoms with E-state index in [1.165, 1.54) is 0 Å². The van der Waals surface area contributed by atoms with Gasteiger partial charge in [0.15, 0.2) is 5.65 Å². The van der Waals surface area contributed by atoms with Crippen molar-refractivity contribution in [2.45, 2.75) is 13.0 Å². The van der Waals surface area contributed by atoms with Gasteiger partial charge in [-0.25, -0.2) is 0 Å². The standard InChI is InChI=1S/C22H26ClN7O2/c23-19-2-1-17(13-18(19)15-27-9-11-32-12-10-27)14-22(31)29-7-5-28(6-8-29)21-4-3-20-25-24-16-30(20)26-21/h1-4,13,16H,5-12,14-15H2. The van der Waals surface area contributed by atoms with Crippen molar-refractivity contribution in [3.8, 4) is 0 Å². The molecule has 2 saturated heterocycles. The van der Waals surface area contributed by atoms with E-state index in [1.54, 1.807) is 10.8 Å². The number of nitrogens with zero attached hydrogens (tertiary/aromatic N) is 7. The number of hydrogen-bond acceptors (Lipinski definition) is 7. The molecule has 0 saturated carbocycles. The molecule has 9 nitrogen and oxygen atoms in total. The molecule has 32 heavy (non-hydrogen) atoms. The molecular formula is C22H26ClN7O2. The molecule has 2 aromatic heterocycles. The van der Waals surface area contributed by atoms with Crippen LogP contribution < -0.4 is 4.90 Å². The number of anilines is 1. The van der Waals surface area contributed by atoms with Crippen LogP contribution in [-0.4, -0.2) is 88.0 Å². The van der Waals surface area contributed by atoms with Crippen LogP contribution in [0.2, 0.25) is 5.02 Å². The van der Waals surface area contributed by atoms with Crippen molar-refractivity contribution < 1.29 is 9.53 Å². The van der Waals surface area contributed by atoms with E-state index in [-0.39, 0.29) is 5.91 Å². The Kier molecular flexibility index (Phi) is 6.20. The maximum absolute atomic E-state index is 12.9. The van der Waals surface area contributed by atoms with Crippen molar-refractivity contribution in [3.63, 3.8) is 0 Å². The summed E-state index contributed by atoms with van der Waals surface area (Å²) in [5.41, 5.74) is 2.79. The first-order valence-electron chi connectivity index (χ1n) is 10.9. The minimum atomic E-state index is 0.145. The second kappa shape index (κ2) is 9.40. The summed E-state index contributed by atoms with van der Waals surface area (Å²) in [5.74, 6) is 1.02. The lowest BCUT2D eigenvalue weighted by molar-refractivity contribution is -0.130. The fraction of sp³-hybridized carbons (Fsp3) is 0.455. The van der Waals surface area contributed by atoms with E-state index in [4.69, 9.17) is 16.3 Å². The molecule has 0 N–H and O–H groups in total. The molecule has 5 rings (SSSR count). The van der Waals surface area contributed by atoms with Gasteiger partial charge in [0.05, 0.1) is 19.6 Å². The van der Waals surface area contributed by atoms with Crippen LogP contribution in [0.25, 0.3) is 5.65 Å². The Bertz CT molecular complexity index is 1090. The quantitative estimate of drug-likeness (QED) is 0.576. The topological polar surface area (TPSA) is 79.1 Å². The first kappa shape index (κ1) is 21.1. The second-order valence-electron chi connectivity index (χ2n) is 8.18. The van der Waals surface area contributed by atoms with Crippen LogP contribution in [0.1, 0.15) is 11.1 Å². The third kappa shape index (κ3) is 4.69. The SMILES string of the molecule is O=C(Cc1ccc(Cl)c(CN2CCOCC2)c1)N1CCN(c2ccc3nncn3n2)CC1. The average molecular weight is 456 g/mol. The number of morpholine rings is 1.